The predicted octanol–water partition coefficient (Wildman–Crippen LogP) is 4.98. The van der Waals surface area contributed by atoms with Crippen molar-refractivity contribution in [1.82, 2.24) is 4.90 Å². The van der Waals surface area contributed by atoms with Gasteiger partial charge in [0.1, 0.15) is 24.2 Å². The van der Waals surface area contributed by atoms with Crippen molar-refractivity contribution in [2.24, 2.45) is 0 Å². The zero-order valence-electron chi connectivity index (χ0n) is 14.4. The summed E-state index contributed by atoms with van der Waals surface area (Å²) in [5.74, 6) is -0.467. The number of hydrogen-bond donors (Lipinski definition) is 1. The molecule has 4 nitrogen and oxygen atoms in total. The fourth-order valence-corrected chi connectivity index (χ4v) is 4.07. The molecule has 0 aliphatic carbocycles. The van der Waals surface area contributed by atoms with Crippen LogP contribution in [0.4, 0.5) is 4.39 Å². The molecule has 2 aromatic carbocycles. The molecule has 0 saturated carbocycles. The van der Waals surface area contributed by atoms with Crippen LogP contribution in [0.25, 0.3) is 0 Å². The number of ether oxygens (including phenoxy) is 1. The summed E-state index contributed by atoms with van der Waals surface area (Å²) < 4.78 is 19.3. The zero-order chi connectivity index (χ0) is 18.5. The van der Waals surface area contributed by atoms with E-state index in [0.29, 0.717) is 30.3 Å². The summed E-state index contributed by atoms with van der Waals surface area (Å²) in [7, 11) is 0. The molecule has 8 heteroatoms. The summed E-state index contributed by atoms with van der Waals surface area (Å²) in [5.41, 5.74) is 0. The monoisotopic (exact) mass is 431 g/mol. The number of likely N-dealkylation sites (tertiary alicyclic amines) is 1. The molecule has 0 radical (unpaired) electrons. The lowest BCUT2D eigenvalue weighted by Gasteiger charge is -2.21. The molecule has 1 atom stereocenters. The van der Waals surface area contributed by atoms with Crippen molar-refractivity contribution < 1.29 is 19.0 Å². The van der Waals surface area contributed by atoms with Crippen molar-refractivity contribution in [3.8, 4) is 5.75 Å². The molecule has 1 heterocycles. The molecule has 1 fully saturated rings. The molecule has 0 aromatic heterocycles. The van der Waals surface area contributed by atoms with Gasteiger partial charge in [-0.05, 0) is 55.8 Å². The lowest BCUT2D eigenvalue weighted by Crippen LogP contribution is -2.38. The fraction of sp³-hybridized carbons (Fsp3) is 0.316. The predicted molar refractivity (Wildman–Crippen MR) is 107 cm³/mol. The van der Waals surface area contributed by atoms with E-state index in [1.165, 1.54) is 23.9 Å². The van der Waals surface area contributed by atoms with E-state index in [1.807, 2.05) is 17.0 Å². The van der Waals surface area contributed by atoms with Crippen LogP contribution in [-0.4, -0.2) is 41.7 Å². The minimum Gasteiger partial charge on any atom is -0.491 e. The minimum atomic E-state index is -0.785. The molecule has 3 rings (SSSR count). The van der Waals surface area contributed by atoms with Crippen LogP contribution < -0.4 is 4.74 Å². The highest BCUT2D eigenvalue weighted by Crippen LogP contribution is 2.36. The highest BCUT2D eigenvalue weighted by atomic mass is 35.5. The van der Waals surface area contributed by atoms with E-state index in [4.69, 9.17) is 16.3 Å². The lowest BCUT2D eigenvalue weighted by atomic mass is 10.2. The van der Waals surface area contributed by atoms with Crippen molar-refractivity contribution in [3.05, 3.63) is 53.3 Å². The topological polar surface area (TPSA) is 49.8 Å². The number of rotatable bonds is 7. The van der Waals surface area contributed by atoms with Crippen LogP contribution in [0.3, 0.4) is 0 Å². The van der Waals surface area contributed by atoms with Gasteiger partial charge in [0.05, 0.1) is 4.90 Å². The van der Waals surface area contributed by atoms with Gasteiger partial charge in [-0.2, -0.15) is 0 Å². The van der Waals surface area contributed by atoms with E-state index >= 15 is 0 Å². The van der Waals surface area contributed by atoms with Gasteiger partial charge in [-0.3, -0.25) is 9.69 Å². The lowest BCUT2D eigenvalue weighted by molar-refractivity contribution is -0.142. The Hall–Kier alpha value is -1.47. The Labute approximate surface area is 173 Å². The van der Waals surface area contributed by atoms with E-state index < -0.39 is 12.0 Å². The molecule has 1 aliphatic heterocycles. The molecule has 0 bridgehead atoms. The maximum absolute atomic E-state index is 13.4. The summed E-state index contributed by atoms with van der Waals surface area (Å²) in [4.78, 5) is 14.8. The van der Waals surface area contributed by atoms with Crippen molar-refractivity contribution in [2.75, 3.05) is 19.7 Å². The number of benzene rings is 2. The molecule has 1 N–H and O–H groups in total. The standard InChI is InChI=1S/C19H19ClFNO3S.ClH/c20-13-6-7-18(26-15-4-1-3-14(21)12-15)17(11-13)25-10-9-22-8-2-5-16(22)19(23)24;/h1,3-4,6-7,11-12,16H,2,5,8-10H2,(H,23,24);1H/t16-;/m0./s1. The fourth-order valence-electron chi connectivity index (χ4n) is 2.98. The van der Waals surface area contributed by atoms with Crippen molar-refractivity contribution in [2.45, 2.75) is 28.7 Å². The van der Waals surface area contributed by atoms with Crippen LogP contribution in [0.2, 0.25) is 5.02 Å². The van der Waals surface area contributed by atoms with E-state index in [0.717, 1.165) is 22.8 Å². The minimum absolute atomic E-state index is 0. The van der Waals surface area contributed by atoms with Crippen molar-refractivity contribution >= 4 is 41.7 Å². The Kier molecular flexibility index (Phi) is 8.23. The molecule has 0 unspecified atom stereocenters. The third-order valence-corrected chi connectivity index (χ3v) is 5.50. The van der Waals surface area contributed by atoms with Crippen LogP contribution >= 0.6 is 35.8 Å². The van der Waals surface area contributed by atoms with E-state index in [9.17, 15) is 14.3 Å². The maximum atomic E-state index is 13.4. The molecule has 0 spiro atoms. The van der Waals surface area contributed by atoms with E-state index in [2.05, 4.69) is 0 Å². The molecule has 2 aromatic rings. The zero-order valence-corrected chi connectivity index (χ0v) is 16.8. The number of carboxylic acids is 1. The van der Waals surface area contributed by atoms with Gasteiger partial charge in [-0.15, -0.1) is 12.4 Å². The van der Waals surface area contributed by atoms with Crippen molar-refractivity contribution in [1.29, 1.82) is 0 Å². The number of halogens is 3. The Morgan fingerprint density at radius 2 is 2.15 bits per heavy atom. The highest BCUT2D eigenvalue weighted by Gasteiger charge is 2.30. The van der Waals surface area contributed by atoms with Gasteiger partial charge in [-0.25, -0.2) is 4.39 Å². The third-order valence-electron chi connectivity index (χ3n) is 4.21. The smallest absolute Gasteiger partial charge is 0.320 e. The van der Waals surface area contributed by atoms with Gasteiger partial charge < -0.3 is 9.84 Å². The van der Waals surface area contributed by atoms with E-state index in [1.54, 1.807) is 18.2 Å². The van der Waals surface area contributed by atoms with Gasteiger partial charge in [-0.1, -0.05) is 29.4 Å². The average Bonchev–Trinajstić information content (AvgIpc) is 3.06. The molecule has 1 saturated heterocycles. The average molecular weight is 432 g/mol. The van der Waals surface area contributed by atoms with Crippen molar-refractivity contribution in [3.63, 3.8) is 0 Å². The molecule has 27 heavy (non-hydrogen) atoms. The number of aliphatic carboxylic acids is 1. The molecular weight excluding hydrogens is 412 g/mol. The number of nitrogens with zero attached hydrogens (tertiary/aromatic N) is 1. The first-order valence-electron chi connectivity index (χ1n) is 8.35. The Bertz CT molecular complexity index is 793. The summed E-state index contributed by atoms with van der Waals surface area (Å²) >= 11 is 7.47. The van der Waals surface area contributed by atoms with Crippen LogP contribution in [0.15, 0.2) is 52.3 Å². The van der Waals surface area contributed by atoms with Gasteiger partial charge in [0.2, 0.25) is 0 Å². The summed E-state index contributed by atoms with van der Waals surface area (Å²) in [6.07, 6.45) is 1.56. The van der Waals surface area contributed by atoms with Crippen LogP contribution in [0, 0.1) is 5.82 Å². The first kappa shape index (κ1) is 21.8. The second kappa shape index (κ2) is 10.2. The summed E-state index contributed by atoms with van der Waals surface area (Å²) in [5, 5.41) is 9.78. The van der Waals surface area contributed by atoms with Crippen LogP contribution in [-0.2, 0) is 4.79 Å². The summed E-state index contributed by atoms with van der Waals surface area (Å²) in [6.45, 7) is 1.66. The maximum Gasteiger partial charge on any atom is 0.320 e. The third kappa shape index (κ3) is 6.01. The Morgan fingerprint density at radius 1 is 1.33 bits per heavy atom. The first-order chi connectivity index (χ1) is 12.5. The number of carboxylic acid groups (broad SMARTS) is 1. The molecule has 1 aliphatic rings. The second-order valence-electron chi connectivity index (χ2n) is 6.03. The second-order valence-corrected chi connectivity index (χ2v) is 7.58. The van der Waals surface area contributed by atoms with Crippen LogP contribution in [0.5, 0.6) is 5.75 Å². The summed E-state index contributed by atoms with van der Waals surface area (Å²) in [6, 6.07) is 11.2. The molecular formula is C19H20Cl2FNO3S. The SMILES string of the molecule is Cl.O=C(O)[C@@H]1CCCN1CCOc1cc(Cl)ccc1Sc1cccc(F)c1. The van der Waals surface area contributed by atoms with Gasteiger partial charge in [0.25, 0.3) is 0 Å². The van der Waals surface area contributed by atoms with Crippen LogP contribution in [0.1, 0.15) is 12.8 Å². The van der Waals surface area contributed by atoms with Gasteiger partial charge in [0, 0.05) is 16.5 Å². The Balaban J connectivity index is 0.00000261. The normalized spacial score (nSPS) is 16.7. The largest absolute Gasteiger partial charge is 0.491 e. The van der Waals surface area contributed by atoms with E-state index in [-0.39, 0.29) is 18.2 Å². The number of carbonyl (C=O) groups is 1. The molecule has 0 amide bonds. The number of hydrogen-bond acceptors (Lipinski definition) is 4. The van der Waals surface area contributed by atoms with Gasteiger partial charge in [0.15, 0.2) is 0 Å². The highest BCUT2D eigenvalue weighted by molar-refractivity contribution is 7.99. The van der Waals surface area contributed by atoms with Gasteiger partial charge >= 0.3 is 5.97 Å². The first-order valence-corrected chi connectivity index (χ1v) is 9.55. The molecule has 146 valence electrons. The quantitative estimate of drug-likeness (QED) is 0.669. The Morgan fingerprint density at radius 3 is 2.89 bits per heavy atom.